The molecule has 5 aromatic heterocycles. The average molecular weight is 1350 g/mol. The van der Waals surface area contributed by atoms with Gasteiger partial charge in [-0.25, -0.2) is 34.5 Å². The molecule has 0 saturated carbocycles. The molecular weight excluding hydrogens is 1270 g/mol. The fourth-order valence-electron chi connectivity index (χ4n) is 10.7. The van der Waals surface area contributed by atoms with Gasteiger partial charge in [0.25, 0.3) is 0 Å². The van der Waals surface area contributed by atoms with E-state index in [4.69, 9.17) is 61.0 Å². The molecule has 6 aliphatic heterocycles. The van der Waals surface area contributed by atoms with Crippen LogP contribution < -0.4 is 45.7 Å². The zero-order valence-electron chi connectivity index (χ0n) is 53.4. The molecule has 0 aliphatic carbocycles. The van der Waals surface area contributed by atoms with Crippen LogP contribution in [0.25, 0.3) is 22.5 Å². The maximum atomic E-state index is 13.8. The number of anilines is 5. The molecule has 0 aromatic carbocycles. The summed E-state index contributed by atoms with van der Waals surface area (Å²) in [5, 5.41) is 3.58. The van der Waals surface area contributed by atoms with Gasteiger partial charge in [-0.1, -0.05) is 11.6 Å². The van der Waals surface area contributed by atoms with Gasteiger partial charge in [0.15, 0.2) is 0 Å². The van der Waals surface area contributed by atoms with Gasteiger partial charge in [-0.05, 0) is 98.7 Å². The van der Waals surface area contributed by atoms with Gasteiger partial charge in [-0.2, -0.15) is 41.3 Å². The monoisotopic (exact) mass is 1350 g/mol. The van der Waals surface area contributed by atoms with E-state index >= 15 is 0 Å². The molecule has 3 atom stereocenters. The van der Waals surface area contributed by atoms with E-state index in [2.05, 4.69) is 45.2 Å². The molecule has 6 saturated heterocycles. The summed E-state index contributed by atoms with van der Waals surface area (Å²) in [6.07, 6.45) is -3.77. The molecule has 11 rings (SSSR count). The van der Waals surface area contributed by atoms with Crippen LogP contribution in [0.15, 0.2) is 42.7 Å². The third-order valence-corrected chi connectivity index (χ3v) is 15.3. The quantitative estimate of drug-likeness (QED) is 0.0823. The summed E-state index contributed by atoms with van der Waals surface area (Å²) in [5.41, 5.74) is 7.74. The SMILES string of the molecule is CC(C)(C)OC(=O)N1CCCC(Oc2cc(-c3cnc(N)cc3C(F)(F)F)nc(N3CCOCC3)n2)C1.CC(C)(C)OC(=O)N1CCCC(Oc2cc(Cl)nc(N3CCOCC3)n2)C1.Nc1cc(C(F)(F)F)c(-c2cc(OC3CCCNC3)nc(N3CCOCC3)n2)cn1. The highest BCUT2D eigenvalue weighted by Gasteiger charge is 2.38. The molecule has 514 valence electrons. The van der Waals surface area contributed by atoms with Crippen molar-refractivity contribution < 1.29 is 73.8 Å². The molecule has 26 nitrogen and oxygen atoms in total. The van der Waals surface area contributed by atoms with Crippen molar-refractivity contribution in [2.24, 2.45) is 0 Å². The van der Waals surface area contributed by atoms with Crippen LogP contribution in [-0.4, -0.2) is 210 Å². The lowest BCUT2D eigenvalue weighted by Gasteiger charge is -2.34. The predicted octanol–water partition coefficient (Wildman–Crippen LogP) is 8.61. The van der Waals surface area contributed by atoms with Crippen LogP contribution in [0.1, 0.15) is 91.2 Å². The van der Waals surface area contributed by atoms with Gasteiger partial charge in [-0.3, -0.25) is 0 Å². The number of hydrogen-bond donors (Lipinski definition) is 3. The highest BCUT2D eigenvalue weighted by molar-refractivity contribution is 6.29. The molecule has 0 bridgehead atoms. The number of nitrogen functional groups attached to an aromatic ring is 2. The number of amides is 2. The first-order valence-electron chi connectivity index (χ1n) is 31.2. The second kappa shape index (κ2) is 31.2. The number of alkyl halides is 6. The Morgan fingerprint density at radius 2 is 0.894 bits per heavy atom. The van der Waals surface area contributed by atoms with Crippen molar-refractivity contribution in [3.05, 3.63) is 59.0 Å². The number of hydrogen-bond acceptors (Lipinski definition) is 24. The van der Waals surface area contributed by atoms with Gasteiger partial charge >= 0.3 is 24.5 Å². The zero-order chi connectivity index (χ0) is 67.4. The highest BCUT2D eigenvalue weighted by Crippen LogP contribution is 2.40. The normalized spacial score (nSPS) is 20.0. The van der Waals surface area contributed by atoms with E-state index in [1.807, 2.05) is 35.5 Å². The van der Waals surface area contributed by atoms with Gasteiger partial charge in [0.05, 0.1) is 75.2 Å². The van der Waals surface area contributed by atoms with Crippen LogP contribution in [0.4, 0.5) is 65.4 Å². The third-order valence-electron chi connectivity index (χ3n) is 15.1. The molecule has 0 spiro atoms. The molecule has 94 heavy (non-hydrogen) atoms. The Morgan fingerprint density at radius 3 is 1.27 bits per heavy atom. The van der Waals surface area contributed by atoms with Gasteiger partial charge in [0.1, 0.15) is 46.3 Å². The molecular formula is C61H81ClF6N16O10. The number of likely N-dealkylation sites (tertiary alicyclic amines) is 2. The summed E-state index contributed by atoms with van der Waals surface area (Å²) in [6, 6.07) is 6.00. The molecule has 6 fully saturated rings. The Bertz CT molecular complexity index is 3350. The number of ether oxygens (including phenoxy) is 8. The van der Waals surface area contributed by atoms with Crippen LogP contribution in [-0.2, 0) is 36.0 Å². The number of rotatable bonds is 11. The Hall–Kier alpha value is -7.81. The van der Waals surface area contributed by atoms with E-state index in [9.17, 15) is 35.9 Å². The fourth-order valence-corrected chi connectivity index (χ4v) is 10.9. The molecule has 3 unspecified atom stereocenters. The minimum Gasteiger partial charge on any atom is -0.473 e. The lowest BCUT2D eigenvalue weighted by molar-refractivity contribution is -0.137. The minimum absolute atomic E-state index is 0.00567. The van der Waals surface area contributed by atoms with Crippen LogP contribution in [0.2, 0.25) is 5.15 Å². The summed E-state index contributed by atoms with van der Waals surface area (Å²) in [5.74, 6) is 1.37. The van der Waals surface area contributed by atoms with E-state index in [1.54, 1.807) is 36.6 Å². The molecule has 2 amide bonds. The topological polar surface area (TPSA) is 291 Å². The first kappa shape index (κ1) is 70.5. The predicted molar refractivity (Wildman–Crippen MR) is 335 cm³/mol. The first-order valence-corrected chi connectivity index (χ1v) is 31.6. The highest BCUT2D eigenvalue weighted by atomic mass is 35.5. The number of pyridine rings is 2. The number of nitrogens with two attached hydrogens (primary N) is 2. The van der Waals surface area contributed by atoms with E-state index in [0.29, 0.717) is 128 Å². The molecule has 11 heterocycles. The van der Waals surface area contributed by atoms with Crippen LogP contribution in [0.3, 0.4) is 0 Å². The molecule has 0 radical (unpaired) electrons. The molecule has 6 aliphatic rings. The fraction of sp³-hybridized carbons (Fsp3) is 0.607. The molecule has 5 N–H and O–H groups in total. The van der Waals surface area contributed by atoms with Gasteiger partial charge in [-0.15, -0.1) is 0 Å². The summed E-state index contributed by atoms with van der Waals surface area (Å²) in [6.45, 7) is 21.1. The maximum Gasteiger partial charge on any atom is 0.417 e. The Labute approximate surface area is 545 Å². The van der Waals surface area contributed by atoms with Crippen molar-refractivity contribution in [1.82, 2.24) is 55.0 Å². The summed E-state index contributed by atoms with van der Waals surface area (Å²) in [7, 11) is 0. The van der Waals surface area contributed by atoms with Gasteiger partial charge in [0, 0.05) is 101 Å². The summed E-state index contributed by atoms with van der Waals surface area (Å²) in [4.78, 5) is 68.1. The molecule has 33 heteroatoms. The second-order valence-corrected chi connectivity index (χ2v) is 25.3. The molecule has 5 aromatic rings. The smallest absolute Gasteiger partial charge is 0.417 e. The van der Waals surface area contributed by atoms with Crippen molar-refractivity contribution in [2.45, 2.75) is 122 Å². The van der Waals surface area contributed by atoms with Crippen molar-refractivity contribution >= 4 is 53.3 Å². The second-order valence-electron chi connectivity index (χ2n) is 24.9. The van der Waals surface area contributed by atoms with Crippen molar-refractivity contribution in [3.63, 3.8) is 0 Å². The minimum atomic E-state index is -4.67. The van der Waals surface area contributed by atoms with Gasteiger partial charge < -0.3 is 79.2 Å². The summed E-state index contributed by atoms with van der Waals surface area (Å²) < 4.78 is 128. The van der Waals surface area contributed by atoms with Crippen LogP contribution in [0, 0.1) is 0 Å². The van der Waals surface area contributed by atoms with E-state index in [1.165, 1.54) is 12.1 Å². The number of nitrogens with one attached hydrogen (secondary N) is 1. The number of piperidine rings is 3. The van der Waals surface area contributed by atoms with Crippen molar-refractivity contribution in [3.8, 4) is 40.2 Å². The van der Waals surface area contributed by atoms with Crippen LogP contribution in [0.5, 0.6) is 17.6 Å². The summed E-state index contributed by atoms with van der Waals surface area (Å²) >= 11 is 6.17. The largest absolute Gasteiger partial charge is 0.473 e. The number of carbonyl (C=O) groups excluding carboxylic acids is 2. The number of morpholine rings is 3. The lowest BCUT2D eigenvalue weighted by Crippen LogP contribution is -2.46. The zero-order valence-corrected chi connectivity index (χ0v) is 54.2. The van der Waals surface area contributed by atoms with Crippen LogP contribution >= 0.6 is 11.6 Å². The van der Waals surface area contributed by atoms with E-state index in [-0.39, 0.29) is 76.7 Å². The van der Waals surface area contributed by atoms with E-state index in [0.717, 1.165) is 69.8 Å². The Morgan fingerprint density at radius 1 is 0.521 bits per heavy atom. The number of nitrogens with zero attached hydrogens (tertiary/aromatic N) is 13. The van der Waals surface area contributed by atoms with Gasteiger partial charge in [0.2, 0.25) is 35.5 Å². The standard InChI is InChI=1S/C24H31F3N6O4.C19H23F3N6O2.C18H27ClN4O4/c1-23(2,3)37-22(34)33-6-4-5-15(14-33)36-20-12-18(30-21(31-20)32-7-9-35-10-8-32)16-13-29-19(28)11-17(16)24(25,26)27;20-19(21,22)14-8-16(23)25-11-13(14)15-9-17(30-12-2-1-3-24-10-12)27-18(26-15)28-4-6-29-7-5-28;1-18(2,3)27-17(24)23-6-4-5-13(12-23)26-15-11-14(19)20-16(21-15)22-7-9-25-10-8-22/h11-13,15H,4-10,14H2,1-3H3,(H2,28,29);8-9,11-12,24H,1-7,10H2,(H2,23,25);11,13H,4-10,12H2,1-3H3. The number of aromatic nitrogens is 8. The van der Waals surface area contributed by atoms with Crippen molar-refractivity contribution in [2.75, 3.05) is 144 Å². The average Bonchev–Trinajstić information content (AvgIpc) is 0.915. The van der Waals surface area contributed by atoms with E-state index < -0.39 is 46.9 Å². The Balaban J connectivity index is 0.000000168. The lowest BCUT2D eigenvalue weighted by atomic mass is 10.1. The van der Waals surface area contributed by atoms with Crippen molar-refractivity contribution in [1.29, 1.82) is 0 Å². The number of halogens is 7. The maximum absolute atomic E-state index is 13.8. The first-order chi connectivity index (χ1) is 44.6. The number of carbonyl (C=O) groups is 2. The third kappa shape index (κ3) is 20.6. The Kier molecular flexibility index (Phi) is 23.4.